The summed E-state index contributed by atoms with van der Waals surface area (Å²) in [7, 11) is 0. The van der Waals surface area contributed by atoms with Gasteiger partial charge in [-0.25, -0.2) is 4.79 Å². The zero-order valence-corrected chi connectivity index (χ0v) is 9.17. The van der Waals surface area contributed by atoms with E-state index in [2.05, 4.69) is 0 Å². The molecule has 0 aromatic heterocycles. The van der Waals surface area contributed by atoms with Gasteiger partial charge in [-0.1, -0.05) is 0 Å². The number of hydrogen-bond donors (Lipinski definition) is 4. The lowest BCUT2D eigenvalue weighted by Gasteiger charge is -2.18. The van der Waals surface area contributed by atoms with Crippen LogP contribution in [0.25, 0.3) is 0 Å². The van der Waals surface area contributed by atoms with E-state index in [0.29, 0.717) is 0 Å². The van der Waals surface area contributed by atoms with Gasteiger partial charge in [-0.2, -0.15) is 0 Å². The molecule has 0 aliphatic heterocycles. The SMILES string of the molecule is I.O=C(O)CC(O)(CC(=O)O)C(=O)O. The molecule has 82 valence electrons. The Morgan fingerprint density at radius 1 is 0.929 bits per heavy atom. The van der Waals surface area contributed by atoms with E-state index in [1.807, 2.05) is 0 Å². The maximum atomic E-state index is 10.3. The van der Waals surface area contributed by atoms with Crippen LogP contribution in [0, 0.1) is 0 Å². The smallest absolute Gasteiger partial charge is 0.336 e. The molecule has 0 fully saturated rings. The molecule has 0 aliphatic carbocycles. The van der Waals surface area contributed by atoms with Crippen LogP contribution in [0.2, 0.25) is 0 Å². The minimum Gasteiger partial charge on any atom is -0.481 e. The van der Waals surface area contributed by atoms with Crippen molar-refractivity contribution in [2.45, 2.75) is 18.4 Å². The summed E-state index contributed by atoms with van der Waals surface area (Å²) >= 11 is 0. The maximum absolute atomic E-state index is 10.3. The largest absolute Gasteiger partial charge is 0.481 e. The van der Waals surface area contributed by atoms with Crippen molar-refractivity contribution in [1.82, 2.24) is 0 Å². The third-order valence-corrected chi connectivity index (χ3v) is 1.29. The number of aliphatic carboxylic acids is 3. The molecule has 0 heterocycles. The summed E-state index contributed by atoms with van der Waals surface area (Å²) in [6, 6.07) is 0. The maximum Gasteiger partial charge on any atom is 0.336 e. The Hall–Kier alpha value is -0.900. The van der Waals surface area contributed by atoms with Gasteiger partial charge in [0.15, 0.2) is 5.60 Å². The monoisotopic (exact) mass is 320 g/mol. The first-order valence-electron chi connectivity index (χ1n) is 3.17. The van der Waals surface area contributed by atoms with Crippen LogP contribution >= 0.6 is 24.0 Å². The van der Waals surface area contributed by atoms with Crippen molar-refractivity contribution in [2.24, 2.45) is 0 Å². The quantitative estimate of drug-likeness (QED) is 0.496. The normalized spacial score (nSPS) is 10.1. The molecule has 0 bridgehead atoms. The van der Waals surface area contributed by atoms with Crippen LogP contribution < -0.4 is 0 Å². The summed E-state index contributed by atoms with van der Waals surface area (Å²) in [5.41, 5.74) is -2.74. The number of hydrogen-bond acceptors (Lipinski definition) is 4. The second-order valence-corrected chi connectivity index (χ2v) is 2.48. The minimum atomic E-state index is -2.74. The van der Waals surface area contributed by atoms with Gasteiger partial charge in [0.25, 0.3) is 0 Å². The van der Waals surface area contributed by atoms with Gasteiger partial charge in [0.2, 0.25) is 0 Å². The molecule has 0 radical (unpaired) electrons. The molecule has 0 aliphatic rings. The van der Waals surface area contributed by atoms with E-state index in [-0.39, 0.29) is 24.0 Å². The Morgan fingerprint density at radius 3 is 1.36 bits per heavy atom. The third kappa shape index (κ3) is 4.97. The molecule has 0 rings (SSSR count). The van der Waals surface area contributed by atoms with Crippen LogP contribution in [0.1, 0.15) is 12.8 Å². The first-order chi connectivity index (χ1) is 5.78. The molecule has 0 aromatic rings. The molecule has 0 saturated carbocycles. The van der Waals surface area contributed by atoms with E-state index in [0.717, 1.165) is 0 Å². The van der Waals surface area contributed by atoms with Crippen molar-refractivity contribution in [2.75, 3.05) is 0 Å². The van der Waals surface area contributed by atoms with E-state index in [4.69, 9.17) is 20.4 Å². The summed E-state index contributed by atoms with van der Waals surface area (Å²) in [6.45, 7) is 0. The van der Waals surface area contributed by atoms with Gasteiger partial charge >= 0.3 is 17.9 Å². The van der Waals surface area contributed by atoms with E-state index in [1.165, 1.54) is 0 Å². The lowest BCUT2D eigenvalue weighted by molar-refractivity contribution is -0.170. The van der Waals surface area contributed by atoms with Crippen molar-refractivity contribution in [3.8, 4) is 0 Å². The van der Waals surface area contributed by atoms with Crippen molar-refractivity contribution in [1.29, 1.82) is 0 Å². The Kier molecular flexibility index (Phi) is 6.40. The summed E-state index contributed by atoms with van der Waals surface area (Å²) in [5, 5.41) is 33.8. The molecule has 0 atom stereocenters. The third-order valence-electron chi connectivity index (χ3n) is 1.29. The van der Waals surface area contributed by atoms with Crippen molar-refractivity contribution >= 4 is 41.9 Å². The van der Waals surface area contributed by atoms with Gasteiger partial charge in [0.05, 0.1) is 12.8 Å². The highest BCUT2D eigenvalue weighted by molar-refractivity contribution is 14.0. The fourth-order valence-electron chi connectivity index (χ4n) is 0.714. The van der Waals surface area contributed by atoms with Crippen molar-refractivity contribution < 1.29 is 34.8 Å². The molecule has 0 aromatic carbocycles. The van der Waals surface area contributed by atoms with E-state index in [9.17, 15) is 14.4 Å². The van der Waals surface area contributed by atoms with Crippen LogP contribution in [-0.4, -0.2) is 43.9 Å². The molecule has 0 amide bonds. The number of rotatable bonds is 5. The van der Waals surface area contributed by atoms with Gasteiger partial charge in [0.1, 0.15) is 0 Å². The lowest BCUT2D eigenvalue weighted by atomic mass is 9.96. The Morgan fingerprint density at radius 2 is 1.21 bits per heavy atom. The first-order valence-corrected chi connectivity index (χ1v) is 3.17. The second kappa shape index (κ2) is 5.75. The van der Waals surface area contributed by atoms with E-state index in [1.54, 1.807) is 0 Å². The Labute approximate surface area is 95.4 Å². The van der Waals surface area contributed by atoms with Gasteiger partial charge in [0, 0.05) is 0 Å². The average Bonchev–Trinajstić information content (AvgIpc) is 1.82. The molecule has 8 heteroatoms. The van der Waals surface area contributed by atoms with Crippen LogP contribution in [-0.2, 0) is 14.4 Å². The molecular weight excluding hydrogens is 311 g/mol. The fraction of sp³-hybridized carbons (Fsp3) is 0.500. The van der Waals surface area contributed by atoms with Gasteiger partial charge < -0.3 is 20.4 Å². The molecule has 0 saturated heterocycles. The van der Waals surface area contributed by atoms with Crippen LogP contribution in [0.3, 0.4) is 0 Å². The number of halogens is 1. The van der Waals surface area contributed by atoms with Crippen LogP contribution in [0.15, 0.2) is 0 Å². The van der Waals surface area contributed by atoms with Crippen LogP contribution in [0.5, 0.6) is 0 Å². The highest BCUT2D eigenvalue weighted by Gasteiger charge is 2.40. The van der Waals surface area contributed by atoms with E-state index >= 15 is 0 Å². The number of carbonyl (C=O) groups is 3. The molecule has 14 heavy (non-hydrogen) atoms. The predicted molar refractivity (Wildman–Crippen MR) is 52.5 cm³/mol. The summed E-state index contributed by atoms with van der Waals surface area (Å²) in [4.78, 5) is 30.5. The second-order valence-electron chi connectivity index (χ2n) is 2.48. The molecule has 7 nitrogen and oxygen atoms in total. The first kappa shape index (κ1) is 15.6. The topological polar surface area (TPSA) is 132 Å². The van der Waals surface area contributed by atoms with Crippen molar-refractivity contribution in [3.05, 3.63) is 0 Å². The van der Waals surface area contributed by atoms with Gasteiger partial charge in [-0.15, -0.1) is 24.0 Å². The summed E-state index contributed by atoms with van der Waals surface area (Å²) in [6.07, 6.45) is -2.29. The number of carboxylic acid groups (broad SMARTS) is 3. The highest BCUT2D eigenvalue weighted by atomic mass is 127. The van der Waals surface area contributed by atoms with Gasteiger partial charge in [-0.05, 0) is 0 Å². The molecule has 0 unspecified atom stereocenters. The molecule has 4 N–H and O–H groups in total. The summed E-state index contributed by atoms with van der Waals surface area (Å²) in [5.74, 6) is -5.02. The lowest BCUT2D eigenvalue weighted by Crippen LogP contribution is -2.42. The van der Waals surface area contributed by atoms with Crippen molar-refractivity contribution in [3.63, 3.8) is 0 Å². The standard InChI is InChI=1S/C6H8O7.HI/c7-3(8)1-6(13,5(11)12)2-4(9)10;/h13H,1-2H2,(H,7,8)(H,9,10)(H,11,12);1H. The zero-order valence-electron chi connectivity index (χ0n) is 6.84. The Bertz CT molecular complexity index is 233. The Balaban J connectivity index is 0. The average molecular weight is 320 g/mol. The number of carboxylic acids is 3. The van der Waals surface area contributed by atoms with E-state index < -0.39 is 36.4 Å². The van der Waals surface area contributed by atoms with Crippen LogP contribution in [0.4, 0.5) is 0 Å². The fourth-order valence-corrected chi connectivity index (χ4v) is 0.714. The molecule has 0 spiro atoms. The highest BCUT2D eigenvalue weighted by Crippen LogP contribution is 2.15. The predicted octanol–water partition coefficient (Wildman–Crippen LogP) is -0.631. The van der Waals surface area contributed by atoms with Gasteiger partial charge in [-0.3, -0.25) is 9.59 Å². The zero-order chi connectivity index (χ0) is 10.6. The number of aliphatic hydroxyl groups is 1. The minimum absolute atomic E-state index is 0. The molecular formula is C6H9IO7. The summed E-state index contributed by atoms with van der Waals surface area (Å²) < 4.78 is 0.